The first-order valence-electron chi connectivity index (χ1n) is 9.35. The Bertz CT molecular complexity index is 1150. The van der Waals surface area contributed by atoms with Crippen LogP contribution in [0.2, 0.25) is 0 Å². The van der Waals surface area contributed by atoms with Crippen LogP contribution in [0.5, 0.6) is 0 Å². The van der Waals surface area contributed by atoms with Gasteiger partial charge in [0, 0.05) is 42.6 Å². The number of hydrogen-bond donors (Lipinski definition) is 1. The maximum atomic E-state index is 14.4. The van der Waals surface area contributed by atoms with E-state index in [1.165, 1.54) is 30.1 Å². The third-order valence-corrected chi connectivity index (χ3v) is 6.03. The molecule has 0 aliphatic carbocycles. The van der Waals surface area contributed by atoms with Crippen LogP contribution in [0.4, 0.5) is 4.39 Å². The van der Waals surface area contributed by atoms with Gasteiger partial charge in [-0.3, -0.25) is 19.7 Å². The Morgan fingerprint density at radius 1 is 1.20 bits per heavy atom. The summed E-state index contributed by atoms with van der Waals surface area (Å²) in [6, 6.07) is 8.87. The van der Waals surface area contributed by atoms with Crippen molar-refractivity contribution in [2.45, 2.75) is 25.8 Å². The molecule has 1 aliphatic rings. The lowest BCUT2D eigenvalue weighted by Gasteiger charge is -2.24. The monoisotopic (exact) mass is 421 g/mol. The van der Waals surface area contributed by atoms with Gasteiger partial charge in [-0.25, -0.2) is 4.39 Å². The molecule has 4 heterocycles. The topological polar surface area (TPSA) is 85.0 Å². The third kappa shape index (κ3) is 4.04. The van der Waals surface area contributed by atoms with Crippen molar-refractivity contribution in [2.75, 3.05) is 0 Å². The lowest BCUT2D eigenvalue weighted by molar-refractivity contribution is -0.113. The zero-order valence-corrected chi connectivity index (χ0v) is 17.4. The van der Waals surface area contributed by atoms with E-state index in [0.29, 0.717) is 11.4 Å². The molecular formula is C22H20FN5OS. The molecule has 0 saturated heterocycles. The molecule has 0 saturated carbocycles. The van der Waals surface area contributed by atoms with Crippen LogP contribution in [0.25, 0.3) is 11.3 Å². The number of nitrogens with zero attached hydrogens (tertiary/aromatic N) is 4. The van der Waals surface area contributed by atoms with Crippen molar-refractivity contribution < 1.29 is 9.18 Å². The molecule has 0 spiro atoms. The molecule has 1 unspecified atom stereocenters. The first-order valence-corrected chi connectivity index (χ1v) is 10.2. The van der Waals surface area contributed by atoms with Gasteiger partial charge in [0.25, 0.3) is 5.91 Å². The van der Waals surface area contributed by atoms with Crippen LogP contribution in [-0.4, -0.2) is 25.8 Å². The number of rotatable bonds is 5. The maximum absolute atomic E-state index is 14.4. The Hall–Kier alpha value is -3.26. The average molecular weight is 422 g/mol. The molecular weight excluding hydrogens is 401 g/mol. The lowest BCUT2D eigenvalue weighted by atomic mass is 10.1. The summed E-state index contributed by atoms with van der Waals surface area (Å²) >= 11 is 1.20. The molecule has 1 aliphatic heterocycles. The summed E-state index contributed by atoms with van der Waals surface area (Å²) in [4.78, 5) is 27.0. The van der Waals surface area contributed by atoms with Gasteiger partial charge in [0.05, 0.1) is 10.6 Å². The summed E-state index contributed by atoms with van der Waals surface area (Å²) in [6.07, 6.45) is 6.77. The number of aryl methyl sites for hydroxylation is 2. The quantitative estimate of drug-likeness (QED) is 0.673. The third-order valence-electron chi connectivity index (χ3n) is 4.76. The van der Waals surface area contributed by atoms with Crippen molar-refractivity contribution in [3.63, 3.8) is 0 Å². The van der Waals surface area contributed by atoms with Gasteiger partial charge in [-0.2, -0.15) is 0 Å². The van der Waals surface area contributed by atoms with E-state index in [0.717, 1.165) is 28.1 Å². The Morgan fingerprint density at radius 3 is 2.73 bits per heavy atom. The second-order valence-electron chi connectivity index (χ2n) is 7.07. The van der Waals surface area contributed by atoms with Crippen molar-refractivity contribution in [3.05, 3.63) is 88.4 Å². The van der Waals surface area contributed by atoms with Crippen LogP contribution < -0.4 is 5.73 Å². The molecule has 2 N–H and O–H groups in total. The molecule has 1 amide bonds. The number of halogens is 1. The van der Waals surface area contributed by atoms with Crippen LogP contribution >= 0.6 is 11.8 Å². The van der Waals surface area contributed by atoms with Crippen molar-refractivity contribution in [3.8, 4) is 11.3 Å². The second kappa shape index (κ2) is 8.23. The summed E-state index contributed by atoms with van der Waals surface area (Å²) in [6.45, 7) is 4.38. The SMILES string of the molecule is Cc1cc(-c2ncc(CN3C=C(C(N)=O)SC3c3ncccc3F)cc2C)ccn1. The van der Waals surface area contributed by atoms with Gasteiger partial charge in [-0.1, -0.05) is 17.8 Å². The highest BCUT2D eigenvalue weighted by Gasteiger charge is 2.32. The van der Waals surface area contributed by atoms with Gasteiger partial charge in [-0.15, -0.1) is 0 Å². The molecule has 152 valence electrons. The molecule has 3 aromatic heterocycles. The molecule has 0 radical (unpaired) electrons. The minimum Gasteiger partial charge on any atom is -0.365 e. The van der Waals surface area contributed by atoms with Crippen LogP contribution in [-0.2, 0) is 11.3 Å². The van der Waals surface area contributed by atoms with Gasteiger partial charge < -0.3 is 10.6 Å². The number of amides is 1. The molecule has 1 atom stereocenters. The predicted molar refractivity (Wildman–Crippen MR) is 114 cm³/mol. The van der Waals surface area contributed by atoms with Crippen LogP contribution in [0, 0.1) is 19.7 Å². The van der Waals surface area contributed by atoms with Crippen LogP contribution in [0.15, 0.2) is 60.0 Å². The number of aromatic nitrogens is 3. The van der Waals surface area contributed by atoms with Gasteiger partial charge >= 0.3 is 0 Å². The number of thioether (sulfide) groups is 1. The van der Waals surface area contributed by atoms with Crippen molar-refractivity contribution in [2.24, 2.45) is 5.73 Å². The largest absolute Gasteiger partial charge is 0.365 e. The molecule has 6 nitrogen and oxygen atoms in total. The van der Waals surface area contributed by atoms with Gasteiger partial charge in [-0.05, 0) is 49.2 Å². The Labute approximate surface area is 178 Å². The fourth-order valence-corrected chi connectivity index (χ4v) is 4.51. The number of hydrogen-bond acceptors (Lipinski definition) is 6. The van der Waals surface area contributed by atoms with E-state index < -0.39 is 17.1 Å². The molecule has 3 aromatic rings. The average Bonchev–Trinajstić information content (AvgIpc) is 3.12. The Morgan fingerprint density at radius 2 is 2.03 bits per heavy atom. The minimum atomic E-state index is -0.540. The standard InChI is InChI=1S/C22H20FN5OS/c1-13-8-15(10-27-19(13)16-5-7-25-14(2)9-16)11-28-12-18(21(24)29)30-22(28)20-17(23)4-3-6-26-20/h3-10,12,22H,11H2,1-2H3,(H2,24,29). The smallest absolute Gasteiger partial charge is 0.256 e. The predicted octanol–water partition coefficient (Wildman–Crippen LogP) is 3.87. The molecule has 0 bridgehead atoms. The van der Waals surface area contributed by atoms with E-state index >= 15 is 0 Å². The normalized spacial score (nSPS) is 15.9. The number of primary amides is 1. The zero-order chi connectivity index (χ0) is 21.3. The number of carbonyl (C=O) groups is 1. The lowest BCUT2D eigenvalue weighted by Crippen LogP contribution is -2.20. The summed E-state index contributed by atoms with van der Waals surface area (Å²) < 4.78 is 14.4. The van der Waals surface area contributed by atoms with Gasteiger partial charge in [0.15, 0.2) is 0 Å². The Kier molecular flexibility index (Phi) is 5.50. The van der Waals surface area contributed by atoms with E-state index in [9.17, 15) is 9.18 Å². The van der Waals surface area contributed by atoms with E-state index in [1.807, 2.05) is 36.9 Å². The second-order valence-corrected chi connectivity index (χ2v) is 8.19. The van der Waals surface area contributed by atoms with Crippen LogP contribution in [0.1, 0.15) is 27.9 Å². The highest BCUT2D eigenvalue weighted by Crippen LogP contribution is 2.44. The van der Waals surface area contributed by atoms with Gasteiger partial charge in [0.2, 0.25) is 0 Å². The maximum Gasteiger partial charge on any atom is 0.256 e. The summed E-state index contributed by atoms with van der Waals surface area (Å²) in [7, 11) is 0. The molecule has 0 aromatic carbocycles. The molecule has 0 fully saturated rings. The first-order chi connectivity index (χ1) is 14.4. The summed E-state index contributed by atoms with van der Waals surface area (Å²) in [5.74, 6) is -0.960. The fourth-order valence-electron chi connectivity index (χ4n) is 3.40. The van der Waals surface area contributed by atoms with Crippen LogP contribution in [0.3, 0.4) is 0 Å². The summed E-state index contributed by atoms with van der Waals surface area (Å²) in [5.41, 5.74) is 10.5. The number of carbonyl (C=O) groups excluding carboxylic acids is 1. The Balaban J connectivity index is 1.63. The molecule has 8 heteroatoms. The first kappa shape index (κ1) is 20.0. The van der Waals surface area contributed by atoms with E-state index in [4.69, 9.17) is 5.73 Å². The number of pyridine rings is 3. The molecule has 30 heavy (non-hydrogen) atoms. The van der Waals surface area contributed by atoms with Crippen molar-refractivity contribution in [1.29, 1.82) is 0 Å². The van der Waals surface area contributed by atoms with E-state index in [2.05, 4.69) is 15.0 Å². The van der Waals surface area contributed by atoms with Crippen molar-refractivity contribution in [1.82, 2.24) is 19.9 Å². The summed E-state index contributed by atoms with van der Waals surface area (Å²) in [5, 5.41) is -0.475. The highest BCUT2D eigenvalue weighted by molar-refractivity contribution is 8.04. The highest BCUT2D eigenvalue weighted by atomic mass is 32.2. The van der Waals surface area contributed by atoms with E-state index in [1.54, 1.807) is 18.6 Å². The number of nitrogens with two attached hydrogens (primary N) is 1. The molecule has 4 rings (SSSR count). The fraction of sp³-hybridized carbons (Fsp3) is 0.182. The van der Waals surface area contributed by atoms with Gasteiger partial charge in [0.1, 0.15) is 16.9 Å². The minimum absolute atomic E-state index is 0.267. The van der Waals surface area contributed by atoms with Crippen molar-refractivity contribution >= 4 is 17.7 Å². The zero-order valence-electron chi connectivity index (χ0n) is 16.5. The van der Waals surface area contributed by atoms with E-state index in [-0.39, 0.29) is 5.69 Å².